The summed E-state index contributed by atoms with van der Waals surface area (Å²) in [5.41, 5.74) is 2.02. The molecule has 2 unspecified atom stereocenters. The van der Waals surface area contributed by atoms with E-state index in [2.05, 4.69) is 15.5 Å². The summed E-state index contributed by atoms with van der Waals surface area (Å²) in [6, 6.07) is 5.79. The topological polar surface area (TPSA) is 111 Å². The zero-order valence-corrected chi connectivity index (χ0v) is 22.7. The van der Waals surface area contributed by atoms with E-state index >= 15 is 0 Å². The number of piperazine rings is 1. The number of hydrogen-bond acceptors (Lipinski definition) is 7. The number of rotatable bonds is 8. The lowest BCUT2D eigenvalue weighted by molar-refractivity contribution is -0.137. The van der Waals surface area contributed by atoms with E-state index in [-0.39, 0.29) is 49.1 Å². The lowest BCUT2D eigenvalue weighted by Crippen LogP contribution is -2.52. The van der Waals surface area contributed by atoms with Crippen molar-refractivity contribution >= 4 is 29.4 Å². The molecular formula is C28H39N5O5. The molecule has 2 fully saturated rings. The maximum absolute atomic E-state index is 13.7. The van der Waals surface area contributed by atoms with Gasteiger partial charge in [-0.1, -0.05) is 27.7 Å². The first-order valence-corrected chi connectivity index (χ1v) is 13.5. The highest BCUT2D eigenvalue weighted by Crippen LogP contribution is 2.31. The summed E-state index contributed by atoms with van der Waals surface area (Å²) in [5.74, 6) is -0.591. The summed E-state index contributed by atoms with van der Waals surface area (Å²) in [6.45, 7) is 11.8. The molecule has 2 N–H and O–H groups in total. The molecule has 0 bridgehead atoms. The average molecular weight is 526 g/mol. The fourth-order valence-electron chi connectivity index (χ4n) is 5.08. The highest BCUT2D eigenvalue weighted by Gasteiger charge is 2.48. The molecule has 0 aliphatic carbocycles. The van der Waals surface area contributed by atoms with Gasteiger partial charge < -0.3 is 25.2 Å². The maximum atomic E-state index is 13.7. The Morgan fingerprint density at radius 1 is 1.05 bits per heavy atom. The van der Waals surface area contributed by atoms with E-state index in [0.29, 0.717) is 17.7 Å². The minimum atomic E-state index is -0.834. The number of nitrogens with zero attached hydrogens (tertiary/aromatic N) is 3. The first kappa shape index (κ1) is 27.6. The molecule has 3 amide bonds. The first-order chi connectivity index (χ1) is 18.2. The number of carbonyl (C=O) groups excluding carboxylic acids is 4. The van der Waals surface area contributed by atoms with Crippen LogP contribution in [-0.4, -0.2) is 91.4 Å². The Kier molecular flexibility index (Phi) is 8.71. The summed E-state index contributed by atoms with van der Waals surface area (Å²) >= 11 is 0. The van der Waals surface area contributed by atoms with Gasteiger partial charge >= 0.3 is 6.09 Å². The zero-order valence-electron chi connectivity index (χ0n) is 22.7. The summed E-state index contributed by atoms with van der Waals surface area (Å²) in [7, 11) is 0. The van der Waals surface area contributed by atoms with Crippen LogP contribution in [0.1, 0.15) is 44.5 Å². The number of ether oxygens (including phenoxy) is 1. The van der Waals surface area contributed by atoms with Crippen molar-refractivity contribution in [3.63, 3.8) is 0 Å². The van der Waals surface area contributed by atoms with Gasteiger partial charge in [-0.05, 0) is 48.6 Å². The van der Waals surface area contributed by atoms with Gasteiger partial charge in [0.15, 0.2) is 5.78 Å². The van der Waals surface area contributed by atoms with E-state index in [4.69, 9.17) is 4.74 Å². The number of ketones is 1. The van der Waals surface area contributed by atoms with Crippen LogP contribution in [0, 0.1) is 11.8 Å². The summed E-state index contributed by atoms with van der Waals surface area (Å²) in [6.07, 6.45) is 1.58. The smallest absolute Gasteiger partial charge is 0.414 e. The number of likely N-dealkylation sites (tertiary alicyclic amines) is 1. The van der Waals surface area contributed by atoms with Gasteiger partial charge in [0, 0.05) is 44.0 Å². The van der Waals surface area contributed by atoms with Gasteiger partial charge in [-0.2, -0.15) is 0 Å². The third-order valence-electron chi connectivity index (χ3n) is 6.99. The van der Waals surface area contributed by atoms with Gasteiger partial charge in [0.2, 0.25) is 5.91 Å². The van der Waals surface area contributed by atoms with Gasteiger partial charge in [0.1, 0.15) is 12.1 Å². The third-order valence-corrected chi connectivity index (χ3v) is 6.99. The van der Waals surface area contributed by atoms with Crippen LogP contribution >= 0.6 is 0 Å². The van der Waals surface area contributed by atoms with Crippen LogP contribution < -0.4 is 15.5 Å². The molecule has 4 rings (SSSR count). The second-order valence-corrected chi connectivity index (χ2v) is 11.0. The van der Waals surface area contributed by atoms with Crippen molar-refractivity contribution in [2.24, 2.45) is 11.8 Å². The average Bonchev–Trinajstić information content (AvgIpc) is 3.48. The molecule has 1 aromatic carbocycles. The van der Waals surface area contributed by atoms with Crippen molar-refractivity contribution in [2.45, 2.75) is 46.2 Å². The fraction of sp³-hybridized carbons (Fsp3) is 0.571. The van der Waals surface area contributed by atoms with Gasteiger partial charge in [0.05, 0.1) is 18.8 Å². The lowest BCUT2D eigenvalue weighted by atomic mass is 10.0. The molecule has 0 aromatic heterocycles. The summed E-state index contributed by atoms with van der Waals surface area (Å²) < 4.78 is 5.32. The monoisotopic (exact) mass is 525 g/mol. The Labute approximate surface area is 224 Å². The molecule has 0 saturated carbocycles. The molecule has 0 spiro atoms. The Morgan fingerprint density at radius 2 is 1.74 bits per heavy atom. The van der Waals surface area contributed by atoms with Crippen LogP contribution in [0.2, 0.25) is 0 Å². The Balaban J connectivity index is 1.43. The van der Waals surface area contributed by atoms with Crippen molar-refractivity contribution in [2.75, 3.05) is 50.8 Å². The molecule has 10 heteroatoms. The van der Waals surface area contributed by atoms with Crippen LogP contribution in [0.4, 0.5) is 10.5 Å². The van der Waals surface area contributed by atoms with Crippen LogP contribution in [0.5, 0.6) is 0 Å². The molecule has 3 aliphatic rings. The van der Waals surface area contributed by atoms with E-state index in [1.807, 2.05) is 39.8 Å². The molecule has 3 aliphatic heterocycles. The van der Waals surface area contributed by atoms with E-state index in [1.165, 1.54) is 9.80 Å². The van der Waals surface area contributed by atoms with Gasteiger partial charge in [-0.15, -0.1) is 0 Å². The van der Waals surface area contributed by atoms with E-state index < -0.39 is 18.2 Å². The molecule has 1 aromatic rings. The van der Waals surface area contributed by atoms with Gasteiger partial charge in [-0.3, -0.25) is 19.3 Å². The molecule has 10 nitrogen and oxygen atoms in total. The fourth-order valence-corrected chi connectivity index (χ4v) is 5.08. The van der Waals surface area contributed by atoms with Crippen molar-refractivity contribution in [1.29, 1.82) is 0 Å². The van der Waals surface area contributed by atoms with E-state index in [1.54, 1.807) is 18.2 Å². The van der Waals surface area contributed by atoms with Crippen molar-refractivity contribution < 1.29 is 23.9 Å². The quantitative estimate of drug-likeness (QED) is 0.534. The minimum absolute atomic E-state index is 0.127. The molecule has 206 valence electrons. The highest BCUT2D eigenvalue weighted by molar-refractivity contribution is 6.02. The lowest BCUT2D eigenvalue weighted by Gasteiger charge is -2.30. The number of benzene rings is 1. The molecule has 0 radical (unpaired) electrons. The summed E-state index contributed by atoms with van der Waals surface area (Å²) in [4.78, 5) is 57.3. The number of anilines is 1. The second kappa shape index (κ2) is 12.0. The number of nitrogens with one attached hydrogen (secondary N) is 2. The van der Waals surface area contributed by atoms with Crippen LogP contribution in [0.15, 0.2) is 36.0 Å². The van der Waals surface area contributed by atoms with Crippen molar-refractivity contribution in [3.8, 4) is 0 Å². The number of carbonyl (C=O) groups is 4. The van der Waals surface area contributed by atoms with Crippen molar-refractivity contribution in [3.05, 3.63) is 41.6 Å². The molecule has 2 atom stereocenters. The molecule has 2 saturated heterocycles. The van der Waals surface area contributed by atoms with Crippen molar-refractivity contribution in [1.82, 2.24) is 20.4 Å². The standard InChI is InChI=1S/C28H39N5O5/c1-18(2)15-22(30-26(35)20-5-7-21(8-6-20)31-13-10-29-11-14-31)27(36)32-12-9-23-25(32)24(34)16-33(23)28(37)38-17-19(3)4/h5-9,18-19,22,25,29H,10-17H2,1-4H3,(H,30,35). The maximum Gasteiger partial charge on any atom is 0.414 e. The Bertz CT molecular complexity index is 1080. The molecule has 38 heavy (non-hydrogen) atoms. The Morgan fingerprint density at radius 3 is 2.37 bits per heavy atom. The molecule has 3 heterocycles. The third kappa shape index (κ3) is 6.18. The second-order valence-electron chi connectivity index (χ2n) is 11.0. The normalized spacial score (nSPS) is 20.1. The van der Waals surface area contributed by atoms with Gasteiger partial charge in [0.25, 0.3) is 5.91 Å². The summed E-state index contributed by atoms with van der Waals surface area (Å²) in [5, 5.41) is 6.24. The van der Waals surface area contributed by atoms with Crippen LogP contribution in [0.3, 0.4) is 0 Å². The number of Topliss-reactive ketones (excluding diaryl/α,β-unsaturated/α-hetero) is 1. The largest absolute Gasteiger partial charge is 0.449 e. The number of amides is 3. The highest BCUT2D eigenvalue weighted by atomic mass is 16.6. The minimum Gasteiger partial charge on any atom is -0.449 e. The molecular weight excluding hydrogens is 486 g/mol. The van der Waals surface area contributed by atoms with E-state index in [9.17, 15) is 19.2 Å². The predicted octanol–water partition coefficient (Wildman–Crippen LogP) is 2.01. The van der Waals surface area contributed by atoms with Gasteiger partial charge in [-0.25, -0.2) is 4.79 Å². The predicted molar refractivity (Wildman–Crippen MR) is 144 cm³/mol. The number of fused-ring (bicyclic) bond motifs is 1. The van der Waals surface area contributed by atoms with Crippen LogP contribution in [-0.2, 0) is 14.3 Å². The number of hydrogen-bond donors (Lipinski definition) is 2. The SMILES string of the molecule is CC(C)COC(=O)N1CC(=O)C2C1=CCN2C(=O)C(CC(C)C)NC(=O)c1ccc(N2CCNCC2)cc1. The first-order valence-electron chi connectivity index (χ1n) is 13.5. The van der Waals surface area contributed by atoms with Crippen LogP contribution in [0.25, 0.3) is 0 Å². The Hall–Kier alpha value is -3.40. The zero-order chi connectivity index (χ0) is 27.4. The van der Waals surface area contributed by atoms with E-state index in [0.717, 1.165) is 31.9 Å².